The van der Waals surface area contributed by atoms with Gasteiger partial charge in [0, 0.05) is 32.2 Å². The molecule has 11 heteroatoms. The van der Waals surface area contributed by atoms with E-state index >= 15 is 0 Å². The number of aromatic nitrogens is 2. The third-order valence-electron chi connectivity index (χ3n) is 6.27. The van der Waals surface area contributed by atoms with Crippen molar-refractivity contribution in [2.24, 2.45) is 0 Å². The normalized spacial score (nSPS) is 13.4. The Morgan fingerprint density at radius 3 is 2.11 bits per heavy atom. The molecule has 3 aromatic rings. The van der Waals surface area contributed by atoms with Gasteiger partial charge in [0.1, 0.15) is 0 Å². The first-order valence-corrected chi connectivity index (χ1v) is 13.1. The predicted octanol–water partition coefficient (Wildman–Crippen LogP) is 3.69. The summed E-state index contributed by atoms with van der Waals surface area (Å²) in [5.74, 6) is 1.02. The standard InChI is InChI=1S/C27H32N4O6S/c1-4-35-22-16-20-21(17-23(22)36-5-2)28-26(38)31(25(20)33)19-9-7-18(8-10-19)15-24(32)29-11-13-30(14-12-29)27(34)37-6-3/h7-10,16-17H,4-6,11-15H2,1-3H3,(H,28,38). The van der Waals surface area contributed by atoms with Crippen molar-refractivity contribution < 1.29 is 23.8 Å². The molecule has 1 aliphatic rings. The molecular formula is C27H32N4O6S. The molecule has 0 unspecified atom stereocenters. The van der Waals surface area contributed by atoms with E-state index in [1.807, 2.05) is 26.0 Å². The first-order valence-electron chi connectivity index (χ1n) is 12.7. The molecule has 0 radical (unpaired) electrons. The van der Waals surface area contributed by atoms with E-state index in [2.05, 4.69) is 4.98 Å². The van der Waals surface area contributed by atoms with Crippen molar-refractivity contribution in [2.45, 2.75) is 27.2 Å². The van der Waals surface area contributed by atoms with Crippen LogP contribution in [0.2, 0.25) is 0 Å². The zero-order chi connectivity index (χ0) is 27.2. The van der Waals surface area contributed by atoms with Gasteiger partial charge in [0.15, 0.2) is 16.3 Å². The molecule has 1 aromatic heterocycles. The van der Waals surface area contributed by atoms with Crippen LogP contribution in [0.1, 0.15) is 26.3 Å². The number of hydrogen-bond acceptors (Lipinski definition) is 7. The quantitative estimate of drug-likeness (QED) is 0.435. The van der Waals surface area contributed by atoms with E-state index < -0.39 is 0 Å². The molecule has 38 heavy (non-hydrogen) atoms. The molecule has 0 saturated carbocycles. The average Bonchev–Trinajstić information content (AvgIpc) is 2.91. The molecular weight excluding hydrogens is 508 g/mol. The minimum Gasteiger partial charge on any atom is -0.490 e. The van der Waals surface area contributed by atoms with Crippen LogP contribution < -0.4 is 15.0 Å². The number of fused-ring (bicyclic) bond motifs is 1. The highest BCUT2D eigenvalue weighted by Gasteiger charge is 2.24. The molecule has 1 fully saturated rings. The largest absolute Gasteiger partial charge is 0.490 e. The third kappa shape index (κ3) is 5.83. The smallest absolute Gasteiger partial charge is 0.409 e. The Morgan fingerprint density at radius 1 is 0.895 bits per heavy atom. The van der Waals surface area contributed by atoms with Crippen LogP contribution in [0.3, 0.4) is 0 Å². The number of hydrogen-bond donors (Lipinski definition) is 1. The van der Waals surface area contributed by atoms with E-state index in [-0.39, 0.29) is 28.8 Å². The second-order valence-electron chi connectivity index (χ2n) is 8.69. The Hall–Kier alpha value is -3.86. The van der Waals surface area contributed by atoms with Crippen LogP contribution in [0.4, 0.5) is 4.79 Å². The van der Waals surface area contributed by atoms with Gasteiger partial charge in [-0.25, -0.2) is 4.79 Å². The first kappa shape index (κ1) is 27.2. The SMILES string of the molecule is CCOC(=O)N1CCN(C(=O)Cc2ccc(-n3c(=S)[nH]c4cc(OCC)c(OCC)cc4c3=O)cc2)CC1. The van der Waals surface area contributed by atoms with E-state index in [1.54, 1.807) is 41.0 Å². The monoisotopic (exact) mass is 540 g/mol. The number of ether oxygens (including phenoxy) is 3. The summed E-state index contributed by atoms with van der Waals surface area (Å²) < 4.78 is 18.1. The lowest BCUT2D eigenvalue weighted by molar-refractivity contribution is -0.132. The zero-order valence-corrected chi connectivity index (χ0v) is 22.6. The maximum atomic E-state index is 13.4. The molecule has 4 rings (SSSR count). The second kappa shape index (κ2) is 12.1. The van der Waals surface area contributed by atoms with Crippen LogP contribution in [-0.4, -0.2) is 77.4 Å². The molecule has 1 aliphatic heterocycles. The fourth-order valence-electron chi connectivity index (χ4n) is 4.40. The molecule has 10 nitrogen and oxygen atoms in total. The Bertz CT molecular complexity index is 1420. The fraction of sp³-hybridized carbons (Fsp3) is 0.407. The number of rotatable bonds is 8. The maximum Gasteiger partial charge on any atom is 0.409 e. The van der Waals surface area contributed by atoms with Crippen LogP contribution in [-0.2, 0) is 16.0 Å². The van der Waals surface area contributed by atoms with Gasteiger partial charge in [0.2, 0.25) is 5.91 Å². The van der Waals surface area contributed by atoms with Crippen LogP contribution in [0, 0.1) is 4.77 Å². The summed E-state index contributed by atoms with van der Waals surface area (Å²) in [4.78, 5) is 44.6. The molecule has 0 aliphatic carbocycles. The molecule has 202 valence electrons. The van der Waals surface area contributed by atoms with Crippen LogP contribution in [0.25, 0.3) is 16.6 Å². The van der Waals surface area contributed by atoms with E-state index in [0.29, 0.717) is 74.1 Å². The van der Waals surface area contributed by atoms with Gasteiger partial charge in [-0.3, -0.25) is 14.2 Å². The summed E-state index contributed by atoms with van der Waals surface area (Å²) in [7, 11) is 0. The molecule has 0 bridgehead atoms. The van der Waals surface area contributed by atoms with Crippen molar-refractivity contribution in [2.75, 3.05) is 46.0 Å². The van der Waals surface area contributed by atoms with Crippen LogP contribution >= 0.6 is 12.2 Å². The highest BCUT2D eigenvalue weighted by atomic mass is 32.1. The lowest BCUT2D eigenvalue weighted by atomic mass is 10.1. The van der Waals surface area contributed by atoms with Gasteiger partial charge in [-0.2, -0.15) is 0 Å². The van der Waals surface area contributed by atoms with Crippen LogP contribution in [0.15, 0.2) is 41.2 Å². The maximum absolute atomic E-state index is 13.4. The number of nitrogens with one attached hydrogen (secondary N) is 1. The van der Waals surface area contributed by atoms with Crippen molar-refractivity contribution in [1.82, 2.24) is 19.4 Å². The van der Waals surface area contributed by atoms with Crippen molar-refractivity contribution in [3.63, 3.8) is 0 Å². The number of piperazine rings is 1. The molecule has 2 amide bonds. The highest BCUT2D eigenvalue weighted by Crippen LogP contribution is 2.31. The lowest BCUT2D eigenvalue weighted by Crippen LogP contribution is -2.51. The van der Waals surface area contributed by atoms with Crippen molar-refractivity contribution in [1.29, 1.82) is 0 Å². The first-order chi connectivity index (χ1) is 18.4. The number of carbonyl (C=O) groups excluding carboxylic acids is 2. The summed E-state index contributed by atoms with van der Waals surface area (Å²) >= 11 is 5.51. The van der Waals surface area contributed by atoms with Crippen molar-refractivity contribution >= 4 is 35.1 Å². The predicted molar refractivity (Wildman–Crippen MR) is 146 cm³/mol. The van der Waals surface area contributed by atoms with Crippen molar-refractivity contribution in [3.05, 3.63) is 57.1 Å². The summed E-state index contributed by atoms with van der Waals surface area (Å²) in [6, 6.07) is 10.6. The van der Waals surface area contributed by atoms with E-state index in [4.69, 9.17) is 26.4 Å². The molecule has 0 atom stereocenters. The van der Waals surface area contributed by atoms with Gasteiger partial charge in [-0.05, 0) is 56.8 Å². The van der Waals surface area contributed by atoms with E-state index in [1.165, 1.54) is 4.57 Å². The van der Waals surface area contributed by atoms with Gasteiger partial charge in [0.25, 0.3) is 5.56 Å². The Labute approximate surface area is 225 Å². The van der Waals surface area contributed by atoms with Gasteiger partial charge in [-0.1, -0.05) is 12.1 Å². The fourth-order valence-corrected chi connectivity index (χ4v) is 4.70. The second-order valence-corrected chi connectivity index (χ2v) is 9.08. The molecule has 2 aromatic carbocycles. The topological polar surface area (TPSA) is 106 Å². The average molecular weight is 541 g/mol. The van der Waals surface area contributed by atoms with Crippen LogP contribution in [0.5, 0.6) is 11.5 Å². The summed E-state index contributed by atoms with van der Waals surface area (Å²) in [6.45, 7) is 8.56. The number of H-pyrrole nitrogens is 1. The van der Waals surface area contributed by atoms with Gasteiger partial charge >= 0.3 is 6.09 Å². The van der Waals surface area contributed by atoms with Crippen molar-refractivity contribution in [3.8, 4) is 17.2 Å². The molecule has 2 heterocycles. The number of benzene rings is 2. The van der Waals surface area contributed by atoms with Gasteiger partial charge < -0.3 is 29.0 Å². The third-order valence-corrected chi connectivity index (χ3v) is 6.55. The number of amides is 2. The minimum atomic E-state index is -0.346. The van der Waals surface area contributed by atoms with E-state index in [0.717, 1.165) is 5.56 Å². The highest BCUT2D eigenvalue weighted by molar-refractivity contribution is 7.71. The lowest BCUT2D eigenvalue weighted by Gasteiger charge is -2.34. The number of nitrogens with zero attached hydrogens (tertiary/aromatic N) is 3. The van der Waals surface area contributed by atoms with Gasteiger partial charge in [0.05, 0.1) is 42.8 Å². The molecule has 1 saturated heterocycles. The summed E-state index contributed by atoms with van der Waals surface area (Å²) in [6.07, 6.45) is -0.127. The Kier molecular flexibility index (Phi) is 8.67. The Balaban J connectivity index is 1.51. The molecule has 0 spiro atoms. The van der Waals surface area contributed by atoms with Gasteiger partial charge in [-0.15, -0.1) is 0 Å². The number of carbonyl (C=O) groups is 2. The zero-order valence-electron chi connectivity index (χ0n) is 21.8. The number of aromatic amines is 1. The summed E-state index contributed by atoms with van der Waals surface area (Å²) in [5.41, 5.74) is 1.68. The Morgan fingerprint density at radius 2 is 1.50 bits per heavy atom. The van der Waals surface area contributed by atoms with E-state index in [9.17, 15) is 14.4 Å². The minimum absolute atomic E-state index is 0.0185. The summed E-state index contributed by atoms with van der Waals surface area (Å²) in [5, 5.41) is 0.423. The molecule has 1 N–H and O–H groups in total.